The first kappa shape index (κ1) is 20.4. The van der Waals surface area contributed by atoms with E-state index in [2.05, 4.69) is 5.32 Å². The van der Waals surface area contributed by atoms with Gasteiger partial charge in [-0.05, 0) is 30.7 Å². The van der Waals surface area contributed by atoms with E-state index in [1.54, 1.807) is 32.3 Å². The van der Waals surface area contributed by atoms with Gasteiger partial charge in [0.25, 0.3) is 5.91 Å². The Kier molecular flexibility index (Phi) is 8.70. The van der Waals surface area contributed by atoms with E-state index in [0.717, 1.165) is 5.56 Å². The zero-order chi connectivity index (χ0) is 16.0. The molecule has 0 aliphatic carbocycles. The average Bonchev–Trinajstić information content (AvgIpc) is 2.44. The van der Waals surface area contributed by atoms with Gasteiger partial charge in [-0.25, -0.2) is 0 Å². The number of carbonyl (C=O) groups is 2. The Morgan fingerprint density at radius 1 is 1.36 bits per heavy atom. The van der Waals surface area contributed by atoms with Crippen LogP contribution in [0.15, 0.2) is 18.2 Å². The molecule has 1 unspecified atom stereocenters. The van der Waals surface area contributed by atoms with Gasteiger partial charge in [0, 0.05) is 39.0 Å². The Morgan fingerprint density at radius 2 is 2.00 bits per heavy atom. The maximum Gasteiger partial charge on any atom is 0.253 e. The lowest BCUT2D eigenvalue weighted by atomic mass is 10.1. The number of benzene rings is 1. The lowest BCUT2D eigenvalue weighted by Crippen LogP contribution is -2.28. The smallest absolute Gasteiger partial charge is 0.253 e. The number of amides is 2. The van der Waals surface area contributed by atoms with E-state index in [-0.39, 0.29) is 36.7 Å². The highest BCUT2D eigenvalue weighted by Crippen LogP contribution is 2.17. The Morgan fingerprint density at radius 3 is 2.45 bits per heavy atom. The molecule has 22 heavy (non-hydrogen) atoms. The highest BCUT2D eigenvalue weighted by molar-refractivity contribution is 5.97. The van der Waals surface area contributed by atoms with Crippen LogP contribution in [0, 0.1) is 6.92 Å². The predicted molar refractivity (Wildman–Crippen MR) is 89.5 cm³/mol. The summed E-state index contributed by atoms with van der Waals surface area (Å²) in [4.78, 5) is 25.3. The minimum absolute atomic E-state index is 0. The number of carbonyl (C=O) groups excluding carboxylic acids is 2. The number of nitrogens with zero attached hydrogens (tertiary/aromatic N) is 1. The minimum atomic E-state index is -0.291. The molecule has 1 aromatic carbocycles. The van der Waals surface area contributed by atoms with Gasteiger partial charge >= 0.3 is 0 Å². The van der Waals surface area contributed by atoms with E-state index in [0.29, 0.717) is 17.8 Å². The second-order valence-electron chi connectivity index (χ2n) is 5.07. The molecule has 7 heteroatoms. The number of anilines is 1. The topological polar surface area (TPSA) is 84.7 Å². The second kappa shape index (κ2) is 9.40. The lowest BCUT2D eigenvalue weighted by molar-refractivity contribution is -0.118. The Labute approximate surface area is 137 Å². The van der Waals surface area contributed by atoms with Gasteiger partial charge < -0.3 is 20.7 Å². The summed E-state index contributed by atoms with van der Waals surface area (Å²) in [5, 5.41) is 2.78. The highest BCUT2D eigenvalue weighted by Gasteiger charge is 2.14. The second-order valence-corrected chi connectivity index (χ2v) is 5.07. The number of hydrogen-bond acceptors (Lipinski definition) is 4. The first-order valence-corrected chi connectivity index (χ1v) is 6.74. The Bertz CT molecular complexity index is 517. The summed E-state index contributed by atoms with van der Waals surface area (Å²) in [5.74, 6) is -0.230. The molecule has 0 bridgehead atoms. The van der Waals surface area contributed by atoms with E-state index >= 15 is 0 Å². The third-order valence-electron chi connectivity index (χ3n) is 3.16. The van der Waals surface area contributed by atoms with Crippen LogP contribution in [0.1, 0.15) is 22.3 Å². The van der Waals surface area contributed by atoms with Crippen LogP contribution in [0.5, 0.6) is 0 Å². The highest BCUT2D eigenvalue weighted by atomic mass is 35.5. The molecule has 0 saturated heterocycles. The SMILES string of the molecule is COC(CN)CC(=O)Nc1ccc(C(=O)N(C)C)c(C)c1.Cl. The minimum Gasteiger partial charge on any atom is -0.380 e. The first-order chi connectivity index (χ1) is 9.88. The van der Waals surface area contributed by atoms with Crippen molar-refractivity contribution >= 4 is 29.9 Å². The lowest BCUT2D eigenvalue weighted by Gasteiger charge is -2.15. The van der Waals surface area contributed by atoms with Crippen molar-refractivity contribution in [3.05, 3.63) is 29.3 Å². The zero-order valence-corrected chi connectivity index (χ0v) is 14.2. The van der Waals surface area contributed by atoms with Gasteiger partial charge in [-0.2, -0.15) is 0 Å². The number of hydrogen-bond donors (Lipinski definition) is 2. The molecule has 0 radical (unpaired) electrons. The van der Waals surface area contributed by atoms with Crippen LogP contribution in [0.2, 0.25) is 0 Å². The summed E-state index contributed by atoms with van der Waals surface area (Å²) in [7, 11) is 4.93. The number of methoxy groups -OCH3 is 1. The number of halogens is 1. The van der Waals surface area contributed by atoms with Gasteiger partial charge in [0.2, 0.25) is 5.91 Å². The molecule has 0 spiro atoms. The Balaban J connectivity index is 0.00000441. The maximum absolute atomic E-state index is 11.9. The molecule has 0 aromatic heterocycles. The molecular weight excluding hydrogens is 306 g/mol. The van der Waals surface area contributed by atoms with Gasteiger partial charge in [-0.15, -0.1) is 12.4 Å². The van der Waals surface area contributed by atoms with Crippen molar-refractivity contribution < 1.29 is 14.3 Å². The molecular formula is C15H24ClN3O3. The fourth-order valence-electron chi connectivity index (χ4n) is 1.90. The molecule has 2 amide bonds. The molecule has 124 valence electrons. The summed E-state index contributed by atoms with van der Waals surface area (Å²) >= 11 is 0. The van der Waals surface area contributed by atoms with Crippen LogP contribution in [0.25, 0.3) is 0 Å². The zero-order valence-electron chi connectivity index (χ0n) is 13.4. The summed E-state index contributed by atoms with van der Waals surface area (Å²) in [6.45, 7) is 2.13. The van der Waals surface area contributed by atoms with Gasteiger partial charge in [-0.3, -0.25) is 9.59 Å². The molecule has 0 aliphatic rings. The van der Waals surface area contributed by atoms with Crippen molar-refractivity contribution in [2.24, 2.45) is 5.73 Å². The Hall–Kier alpha value is -1.63. The largest absolute Gasteiger partial charge is 0.380 e. The van der Waals surface area contributed by atoms with Gasteiger partial charge in [0.1, 0.15) is 0 Å². The number of nitrogens with one attached hydrogen (secondary N) is 1. The molecule has 0 fully saturated rings. The molecule has 6 nitrogen and oxygen atoms in total. The maximum atomic E-state index is 11.9. The van der Waals surface area contributed by atoms with E-state index in [1.807, 2.05) is 6.92 Å². The first-order valence-electron chi connectivity index (χ1n) is 6.74. The quantitative estimate of drug-likeness (QED) is 0.826. The summed E-state index contributed by atoms with van der Waals surface area (Å²) in [5.41, 5.74) is 7.57. The summed E-state index contributed by atoms with van der Waals surface area (Å²) in [6.07, 6.45) is -0.0922. The summed E-state index contributed by atoms with van der Waals surface area (Å²) < 4.78 is 5.07. The van der Waals surface area contributed by atoms with E-state index in [9.17, 15) is 9.59 Å². The third-order valence-corrected chi connectivity index (χ3v) is 3.16. The van der Waals surface area contributed by atoms with Crippen LogP contribution in [0.3, 0.4) is 0 Å². The third kappa shape index (κ3) is 5.63. The molecule has 0 saturated carbocycles. The number of nitrogens with two attached hydrogens (primary N) is 1. The van der Waals surface area contributed by atoms with Crippen LogP contribution in [0.4, 0.5) is 5.69 Å². The van der Waals surface area contributed by atoms with Gasteiger partial charge in [-0.1, -0.05) is 0 Å². The fraction of sp³-hybridized carbons (Fsp3) is 0.467. The van der Waals surface area contributed by atoms with Crippen molar-refractivity contribution in [3.63, 3.8) is 0 Å². The fourth-order valence-corrected chi connectivity index (χ4v) is 1.90. The molecule has 0 aliphatic heterocycles. The van der Waals surface area contributed by atoms with Crippen LogP contribution < -0.4 is 11.1 Å². The van der Waals surface area contributed by atoms with Crippen LogP contribution in [-0.4, -0.2) is 50.6 Å². The average molecular weight is 330 g/mol. The van der Waals surface area contributed by atoms with E-state index in [4.69, 9.17) is 10.5 Å². The van der Waals surface area contributed by atoms with Crippen molar-refractivity contribution in [2.75, 3.05) is 33.1 Å². The van der Waals surface area contributed by atoms with E-state index < -0.39 is 0 Å². The number of ether oxygens (including phenoxy) is 1. The molecule has 1 rings (SSSR count). The van der Waals surface area contributed by atoms with Gasteiger partial charge in [0.15, 0.2) is 0 Å². The van der Waals surface area contributed by atoms with E-state index in [1.165, 1.54) is 12.0 Å². The van der Waals surface area contributed by atoms with Gasteiger partial charge in [0.05, 0.1) is 12.5 Å². The van der Waals surface area contributed by atoms with Crippen molar-refractivity contribution in [3.8, 4) is 0 Å². The predicted octanol–water partition coefficient (Wildman–Crippen LogP) is 1.42. The molecule has 0 heterocycles. The van der Waals surface area contributed by atoms with Crippen molar-refractivity contribution in [2.45, 2.75) is 19.4 Å². The monoisotopic (exact) mass is 329 g/mol. The van der Waals surface area contributed by atoms with Crippen molar-refractivity contribution in [1.82, 2.24) is 4.90 Å². The molecule has 3 N–H and O–H groups in total. The normalized spacial score (nSPS) is 11.3. The van der Waals surface area contributed by atoms with Crippen LogP contribution in [-0.2, 0) is 9.53 Å². The standard InChI is InChI=1S/C15H23N3O3.ClH/c1-10-7-11(5-6-13(10)15(20)18(2)3)17-14(19)8-12(9-16)21-4;/h5-7,12H,8-9,16H2,1-4H3,(H,17,19);1H. The number of aryl methyl sites for hydroxylation is 1. The molecule has 1 atom stereocenters. The number of rotatable bonds is 6. The van der Waals surface area contributed by atoms with Crippen LogP contribution >= 0.6 is 12.4 Å². The summed E-state index contributed by atoms with van der Waals surface area (Å²) in [6, 6.07) is 5.20. The molecule has 1 aromatic rings. The van der Waals surface area contributed by atoms with Crippen molar-refractivity contribution in [1.29, 1.82) is 0 Å².